The van der Waals surface area contributed by atoms with Crippen LogP contribution in [0.2, 0.25) is 10.0 Å². The molecular formula is C45H42Cl2N4O7. The Morgan fingerprint density at radius 2 is 1.74 bits per heavy atom. The van der Waals surface area contributed by atoms with E-state index in [-0.39, 0.29) is 43.9 Å². The third-order valence-electron chi connectivity index (χ3n) is 11.0. The van der Waals surface area contributed by atoms with Crippen LogP contribution in [0.3, 0.4) is 0 Å². The molecule has 0 saturated carbocycles. The van der Waals surface area contributed by atoms with Crippen molar-refractivity contribution >= 4 is 41.0 Å². The fourth-order valence-electron chi connectivity index (χ4n) is 7.78. The predicted octanol–water partition coefficient (Wildman–Crippen LogP) is 7.13. The molecule has 58 heavy (non-hydrogen) atoms. The van der Waals surface area contributed by atoms with Crippen molar-refractivity contribution in [2.45, 2.75) is 57.5 Å². The van der Waals surface area contributed by atoms with Gasteiger partial charge in [-0.3, -0.25) is 14.6 Å². The van der Waals surface area contributed by atoms with E-state index in [9.17, 15) is 19.5 Å². The van der Waals surface area contributed by atoms with Gasteiger partial charge in [0.15, 0.2) is 17.6 Å². The fourth-order valence-corrected chi connectivity index (χ4v) is 8.10. The Morgan fingerprint density at radius 3 is 2.47 bits per heavy atom. The van der Waals surface area contributed by atoms with Crippen LogP contribution in [0.15, 0.2) is 97.3 Å². The van der Waals surface area contributed by atoms with E-state index >= 15 is 0 Å². The van der Waals surface area contributed by atoms with Gasteiger partial charge in [0.2, 0.25) is 11.8 Å². The second-order valence-corrected chi connectivity index (χ2v) is 15.8. The van der Waals surface area contributed by atoms with E-state index in [1.165, 1.54) is 0 Å². The van der Waals surface area contributed by atoms with Crippen molar-refractivity contribution in [2.24, 2.45) is 5.92 Å². The lowest BCUT2D eigenvalue weighted by Crippen LogP contribution is -2.57. The Bertz CT molecular complexity index is 2330. The van der Waals surface area contributed by atoms with E-state index in [1.54, 1.807) is 29.4 Å². The van der Waals surface area contributed by atoms with Crippen molar-refractivity contribution in [3.63, 3.8) is 0 Å². The molecule has 0 radical (unpaired) electrons. The molecule has 1 aromatic heterocycles. The number of benzene rings is 4. The van der Waals surface area contributed by atoms with Crippen molar-refractivity contribution in [1.82, 2.24) is 20.5 Å². The third-order valence-corrected chi connectivity index (χ3v) is 11.8. The monoisotopic (exact) mass is 820 g/mol. The topological polar surface area (TPSA) is 139 Å². The van der Waals surface area contributed by atoms with Crippen LogP contribution in [0, 0.1) is 12.8 Å². The minimum atomic E-state index is -1.20. The van der Waals surface area contributed by atoms with E-state index in [1.807, 2.05) is 79.7 Å². The van der Waals surface area contributed by atoms with Gasteiger partial charge in [-0.15, -0.1) is 0 Å². The van der Waals surface area contributed by atoms with Gasteiger partial charge in [0.05, 0.1) is 16.0 Å². The van der Waals surface area contributed by atoms with Gasteiger partial charge in [-0.2, -0.15) is 0 Å². The predicted molar refractivity (Wildman–Crippen MR) is 219 cm³/mol. The van der Waals surface area contributed by atoms with E-state index in [0.717, 1.165) is 44.5 Å². The zero-order chi connectivity index (χ0) is 40.3. The van der Waals surface area contributed by atoms with Crippen LogP contribution in [0.25, 0.3) is 11.1 Å². The van der Waals surface area contributed by atoms with E-state index < -0.39 is 24.0 Å². The first-order valence-corrected chi connectivity index (χ1v) is 20.0. The average molecular weight is 822 g/mol. The van der Waals surface area contributed by atoms with E-state index in [0.29, 0.717) is 53.4 Å². The van der Waals surface area contributed by atoms with Crippen LogP contribution in [-0.4, -0.2) is 64.6 Å². The van der Waals surface area contributed by atoms with Gasteiger partial charge in [0.1, 0.15) is 31.0 Å². The lowest BCUT2D eigenvalue weighted by atomic mass is 9.90. The van der Waals surface area contributed by atoms with Gasteiger partial charge in [0, 0.05) is 38.3 Å². The van der Waals surface area contributed by atoms with Gasteiger partial charge < -0.3 is 34.9 Å². The van der Waals surface area contributed by atoms with Gasteiger partial charge in [-0.1, -0.05) is 65.7 Å². The van der Waals surface area contributed by atoms with E-state index in [2.05, 4.69) is 15.6 Å². The quantitative estimate of drug-likeness (QED) is 0.127. The number of halogens is 2. The number of carbonyl (C=O) groups excluding carboxylic acids is 2. The zero-order valence-electron chi connectivity index (χ0n) is 31.8. The lowest BCUT2D eigenvalue weighted by molar-refractivity contribution is -0.147. The molecule has 0 bridgehead atoms. The lowest BCUT2D eigenvalue weighted by Gasteiger charge is -2.38. The zero-order valence-corrected chi connectivity index (χ0v) is 33.3. The van der Waals surface area contributed by atoms with Crippen LogP contribution in [0.1, 0.15) is 45.9 Å². The molecule has 13 heteroatoms. The molecule has 4 unspecified atom stereocenters. The number of aromatic nitrogens is 1. The number of ether oxygens (including phenoxy) is 3. The number of fused-ring (bicyclic) bond motifs is 2. The van der Waals surface area contributed by atoms with Crippen LogP contribution >= 0.6 is 23.2 Å². The Hall–Kier alpha value is -5.62. The number of hydrogen-bond acceptors (Lipinski definition) is 8. The first kappa shape index (κ1) is 39.2. The third kappa shape index (κ3) is 8.62. The molecule has 0 aliphatic carbocycles. The highest BCUT2D eigenvalue weighted by atomic mass is 35.5. The average Bonchev–Trinajstić information content (AvgIpc) is 3.78. The summed E-state index contributed by atoms with van der Waals surface area (Å²) in [6, 6.07) is 24.2. The minimum absolute atomic E-state index is 0.0782. The molecule has 3 N–H and O–H groups in total. The Morgan fingerprint density at radius 1 is 0.966 bits per heavy atom. The number of aryl methyl sites for hydroxylation is 1. The highest BCUT2D eigenvalue weighted by molar-refractivity contribution is 6.42. The maximum absolute atomic E-state index is 14.1. The highest BCUT2D eigenvalue weighted by Crippen LogP contribution is 2.41. The van der Waals surface area contributed by atoms with Crippen LogP contribution in [0.5, 0.6) is 17.2 Å². The summed E-state index contributed by atoms with van der Waals surface area (Å²) in [6.07, 6.45) is 4.08. The van der Waals surface area contributed by atoms with E-state index in [4.69, 9.17) is 37.4 Å². The minimum Gasteiger partial charge on any atom is -0.489 e. The number of nitrogens with one attached hydrogen (secondary N) is 2. The Kier molecular flexibility index (Phi) is 11.5. The number of nitrogens with zero attached hydrogens (tertiary/aromatic N) is 2. The van der Waals surface area contributed by atoms with Crippen molar-refractivity contribution < 1.29 is 33.7 Å². The number of aliphatic carboxylic acids is 1. The number of amides is 2. The largest absolute Gasteiger partial charge is 0.489 e. The summed E-state index contributed by atoms with van der Waals surface area (Å²) >= 11 is 12.2. The highest BCUT2D eigenvalue weighted by Gasteiger charge is 2.40. The fraction of sp³-hybridized carbons (Fsp3) is 0.289. The van der Waals surface area contributed by atoms with Crippen molar-refractivity contribution in [2.75, 3.05) is 19.7 Å². The molecule has 4 aromatic carbocycles. The first-order valence-electron chi connectivity index (χ1n) is 19.3. The summed E-state index contributed by atoms with van der Waals surface area (Å²) in [6.45, 7) is 3.98. The first-order chi connectivity index (χ1) is 28.1. The molecule has 11 nitrogen and oxygen atoms in total. The summed E-state index contributed by atoms with van der Waals surface area (Å²) in [4.78, 5) is 46.4. The summed E-state index contributed by atoms with van der Waals surface area (Å²) in [7, 11) is 0. The molecule has 8 rings (SSSR count). The molecule has 3 aliphatic heterocycles. The number of carbonyl (C=O) groups is 3. The molecule has 5 aromatic rings. The van der Waals surface area contributed by atoms with Crippen molar-refractivity contribution in [3.8, 4) is 28.4 Å². The standard InChI is InChI=1S/C45H42Cl2N4O7/c1-26-21-48-15-13-35(26)29-5-2-27(3-6-29)17-38(45(54)55)50-43(52)39-18-32-19-40-41(20-33(32)23-51(39)44(53)31-12-14-49-22-31)58-42(25-57-40)30-7-9-34(10-8-30)56-24-28-4-11-36(46)37(47)16-28/h2-11,13,15-16,19-21,31,38-39,42,49H,12,14,17-18,22-25H2,1H3,(H,50,52)(H,54,55). The molecule has 0 spiro atoms. The van der Waals surface area contributed by atoms with Crippen molar-refractivity contribution in [3.05, 3.63) is 141 Å². The normalized spacial score (nSPS) is 18.9. The molecule has 4 heterocycles. The van der Waals surface area contributed by atoms with Crippen LogP contribution < -0.4 is 24.8 Å². The molecule has 298 valence electrons. The van der Waals surface area contributed by atoms with Gasteiger partial charge >= 0.3 is 5.97 Å². The van der Waals surface area contributed by atoms with Crippen molar-refractivity contribution in [1.29, 1.82) is 0 Å². The Balaban J connectivity index is 0.964. The van der Waals surface area contributed by atoms with Gasteiger partial charge in [0.25, 0.3) is 0 Å². The molecule has 4 atom stereocenters. The van der Waals surface area contributed by atoms with Gasteiger partial charge in [-0.25, -0.2) is 4.79 Å². The maximum atomic E-state index is 14.1. The Labute approximate surface area is 346 Å². The molecule has 2 amide bonds. The summed E-state index contributed by atoms with van der Waals surface area (Å²) in [5.41, 5.74) is 7.30. The number of pyridine rings is 1. The number of rotatable bonds is 11. The maximum Gasteiger partial charge on any atom is 0.326 e. The summed E-state index contributed by atoms with van der Waals surface area (Å²) in [5.74, 6) is -0.321. The van der Waals surface area contributed by atoms with Gasteiger partial charge in [-0.05, 0) is 107 Å². The smallest absolute Gasteiger partial charge is 0.326 e. The molecule has 1 saturated heterocycles. The number of hydrogen-bond donors (Lipinski definition) is 3. The number of carboxylic acid groups (broad SMARTS) is 1. The SMILES string of the molecule is Cc1cnccc1-c1ccc(CC(NC(=O)C2Cc3cc4c(cc3CN2C(=O)C2CCNC2)OC(c2ccc(OCc3ccc(Cl)c(Cl)c3)cc2)CO4)C(=O)O)cc1. The van der Waals surface area contributed by atoms with Crippen LogP contribution in [0.4, 0.5) is 0 Å². The number of carboxylic acids is 1. The second kappa shape index (κ2) is 17.1. The molecule has 1 fully saturated rings. The summed E-state index contributed by atoms with van der Waals surface area (Å²) < 4.78 is 18.6. The summed E-state index contributed by atoms with van der Waals surface area (Å²) in [5, 5.41) is 17.2. The van der Waals surface area contributed by atoms with Crippen LogP contribution in [-0.2, 0) is 40.4 Å². The second-order valence-electron chi connectivity index (χ2n) is 15.0. The molecular weight excluding hydrogens is 779 g/mol. The molecule has 3 aliphatic rings.